The number of esters is 1. The summed E-state index contributed by atoms with van der Waals surface area (Å²) in [6.45, 7) is 0.281. The highest BCUT2D eigenvalue weighted by molar-refractivity contribution is 5.88. The number of ether oxygens (including phenoxy) is 2. The van der Waals surface area contributed by atoms with Crippen molar-refractivity contribution in [2.45, 2.75) is 6.04 Å². The number of nitrogens with zero attached hydrogens (tertiary/aromatic N) is 1. The van der Waals surface area contributed by atoms with Gasteiger partial charge in [0.15, 0.2) is 0 Å². The van der Waals surface area contributed by atoms with Gasteiger partial charge in [-0.15, -0.1) is 0 Å². The molecule has 0 aromatic carbocycles. The van der Waals surface area contributed by atoms with E-state index in [2.05, 4.69) is 10.1 Å². The molecule has 0 aliphatic carbocycles. The molecule has 16 heavy (non-hydrogen) atoms. The second-order valence-corrected chi connectivity index (χ2v) is 3.56. The van der Waals surface area contributed by atoms with Gasteiger partial charge in [-0.2, -0.15) is 0 Å². The Labute approximate surface area is 92.1 Å². The first kappa shape index (κ1) is 10.5. The fourth-order valence-corrected chi connectivity index (χ4v) is 1.65. The van der Waals surface area contributed by atoms with E-state index in [-0.39, 0.29) is 12.6 Å². The Hall–Kier alpha value is -1.98. The second-order valence-electron chi connectivity index (χ2n) is 3.56. The zero-order valence-corrected chi connectivity index (χ0v) is 9.02. The summed E-state index contributed by atoms with van der Waals surface area (Å²) in [5.74, 6) is -0.404. The molecular weight excluding hydrogens is 212 g/mol. The van der Waals surface area contributed by atoms with Crippen LogP contribution < -0.4 is 5.32 Å². The van der Waals surface area contributed by atoms with Gasteiger partial charge in [-0.25, -0.2) is 9.59 Å². The predicted octanol–water partition coefficient (Wildman–Crippen LogP) is 0.593. The van der Waals surface area contributed by atoms with E-state index in [4.69, 9.17) is 4.74 Å². The quantitative estimate of drug-likeness (QED) is 0.746. The van der Waals surface area contributed by atoms with Crippen molar-refractivity contribution in [3.8, 4) is 0 Å². The average Bonchev–Trinajstić information content (AvgIpc) is 2.83. The van der Waals surface area contributed by atoms with E-state index in [0.717, 1.165) is 5.56 Å². The molecular formula is C10H12N2O4. The van der Waals surface area contributed by atoms with Gasteiger partial charge in [0.25, 0.3) is 0 Å². The van der Waals surface area contributed by atoms with Gasteiger partial charge in [-0.1, -0.05) is 0 Å². The standard InChI is InChI=1S/C10H12N2O4/c1-12-4-6(3-8(12)9(13)15-2)7-5-16-10(14)11-7/h3-4,7H,5H2,1-2H3,(H,11,14). The summed E-state index contributed by atoms with van der Waals surface area (Å²) in [7, 11) is 3.07. The maximum absolute atomic E-state index is 11.4. The Morgan fingerprint density at radius 2 is 2.44 bits per heavy atom. The van der Waals surface area contributed by atoms with Crippen LogP contribution in [0.1, 0.15) is 22.1 Å². The molecule has 86 valence electrons. The third-order valence-electron chi connectivity index (χ3n) is 2.50. The van der Waals surface area contributed by atoms with Gasteiger partial charge in [0, 0.05) is 13.2 Å². The molecule has 1 amide bonds. The summed E-state index contributed by atoms with van der Waals surface area (Å²) < 4.78 is 11.1. The topological polar surface area (TPSA) is 69.6 Å². The Morgan fingerprint density at radius 3 is 3.00 bits per heavy atom. The number of hydrogen-bond donors (Lipinski definition) is 1. The molecule has 1 saturated heterocycles. The molecule has 1 N–H and O–H groups in total. The first-order chi connectivity index (χ1) is 7.61. The number of nitrogens with one attached hydrogen (secondary N) is 1. The van der Waals surface area contributed by atoms with Crippen LogP contribution in [0.15, 0.2) is 12.3 Å². The number of rotatable bonds is 2. The van der Waals surface area contributed by atoms with Gasteiger partial charge in [0.05, 0.1) is 13.2 Å². The molecule has 6 heteroatoms. The van der Waals surface area contributed by atoms with Gasteiger partial charge < -0.3 is 19.4 Å². The van der Waals surface area contributed by atoms with E-state index in [0.29, 0.717) is 5.69 Å². The Bertz CT molecular complexity index is 438. The number of amides is 1. The highest BCUT2D eigenvalue weighted by Crippen LogP contribution is 2.20. The summed E-state index contributed by atoms with van der Waals surface area (Å²) in [5.41, 5.74) is 1.27. The predicted molar refractivity (Wildman–Crippen MR) is 54.0 cm³/mol. The minimum absolute atomic E-state index is 0.197. The van der Waals surface area contributed by atoms with Crippen molar-refractivity contribution in [1.82, 2.24) is 9.88 Å². The third-order valence-corrected chi connectivity index (χ3v) is 2.50. The minimum atomic E-state index is -0.437. The van der Waals surface area contributed by atoms with Crippen LogP contribution in [0.2, 0.25) is 0 Å². The Morgan fingerprint density at radius 1 is 1.69 bits per heavy atom. The molecule has 0 bridgehead atoms. The summed E-state index contributed by atoms with van der Waals surface area (Å²) in [4.78, 5) is 22.2. The molecule has 6 nitrogen and oxygen atoms in total. The summed E-state index contributed by atoms with van der Waals surface area (Å²) in [6, 6.07) is 1.49. The maximum Gasteiger partial charge on any atom is 0.407 e. The fraction of sp³-hybridized carbons (Fsp3) is 0.400. The molecule has 1 atom stereocenters. The van der Waals surface area contributed by atoms with Crippen molar-refractivity contribution in [2.24, 2.45) is 7.05 Å². The third kappa shape index (κ3) is 1.73. The van der Waals surface area contributed by atoms with E-state index in [9.17, 15) is 9.59 Å². The number of cyclic esters (lactones) is 1. The lowest BCUT2D eigenvalue weighted by molar-refractivity contribution is 0.0590. The van der Waals surface area contributed by atoms with Crippen LogP contribution in [0.25, 0.3) is 0 Å². The smallest absolute Gasteiger partial charge is 0.407 e. The van der Waals surface area contributed by atoms with Crippen LogP contribution >= 0.6 is 0 Å². The van der Waals surface area contributed by atoms with Crippen LogP contribution in [0.4, 0.5) is 4.79 Å². The number of aryl methyl sites for hydroxylation is 1. The molecule has 1 aliphatic heterocycles. The largest absolute Gasteiger partial charge is 0.464 e. The second kappa shape index (κ2) is 3.88. The Kier molecular flexibility index (Phi) is 2.55. The number of aromatic nitrogens is 1. The van der Waals surface area contributed by atoms with Gasteiger partial charge in [0.2, 0.25) is 0 Å². The van der Waals surface area contributed by atoms with Gasteiger partial charge in [-0.05, 0) is 11.6 Å². The van der Waals surface area contributed by atoms with E-state index >= 15 is 0 Å². The molecule has 2 rings (SSSR count). The Balaban J connectivity index is 2.24. The van der Waals surface area contributed by atoms with E-state index in [1.807, 2.05) is 0 Å². The SMILES string of the molecule is COC(=O)c1cc(C2COC(=O)N2)cn1C. The van der Waals surface area contributed by atoms with E-state index in [1.165, 1.54) is 7.11 Å². The van der Waals surface area contributed by atoms with Crippen LogP contribution in [-0.2, 0) is 16.5 Å². The zero-order chi connectivity index (χ0) is 11.7. The molecule has 1 fully saturated rings. The number of alkyl carbamates (subject to hydrolysis) is 1. The summed E-state index contributed by atoms with van der Waals surface area (Å²) >= 11 is 0. The van der Waals surface area contributed by atoms with Crippen molar-refractivity contribution in [3.63, 3.8) is 0 Å². The molecule has 1 aliphatic rings. The van der Waals surface area contributed by atoms with E-state index in [1.54, 1.807) is 23.9 Å². The fourth-order valence-electron chi connectivity index (χ4n) is 1.65. The summed E-state index contributed by atoms with van der Waals surface area (Å²) in [5, 5.41) is 2.64. The molecule has 2 heterocycles. The van der Waals surface area contributed by atoms with Gasteiger partial charge in [0.1, 0.15) is 12.3 Å². The first-order valence-corrected chi connectivity index (χ1v) is 4.79. The van der Waals surface area contributed by atoms with Crippen LogP contribution in [-0.4, -0.2) is 30.3 Å². The van der Waals surface area contributed by atoms with Crippen molar-refractivity contribution < 1.29 is 19.1 Å². The normalized spacial score (nSPS) is 19.1. The lowest BCUT2D eigenvalue weighted by Crippen LogP contribution is -2.17. The zero-order valence-electron chi connectivity index (χ0n) is 9.02. The first-order valence-electron chi connectivity index (χ1n) is 4.79. The molecule has 0 radical (unpaired) electrons. The molecule has 1 aromatic heterocycles. The monoisotopic (exact) mass is 224 g/mol. The lowest BCUT2D eigenvalue weighted by atomic mass is 10.1. The van der Waals surface area contributed by atoms with Crippen molar-refractivity contribution >= 4 is 12.1 Å². The number of carbonyl (C=O) groups is 2. The van der Waals surface area contributed by atoms with Crippen LogP contribution in [0.5, 0.6) is 0 Å². The molecule has 0 saturated carbocycles. The molecule has 0 spiro atoms. The maximum atomic E-state index is 11.4. The van der Waals surface area contributed by atoms with Gasteiger partial charge in [-0.3, -0.25) is 0 Å². The lowest BCUT2D eigenvalue weighted by Gasteiger charge is -2.02. The van der Waals surface area contributed by atoms with Crippen molar-refractivity contribution in [3.05, 3.63) is 23.5 Å². The van der Waals surface area contributed by atoms with Crippen LogP contribution in [0.3, 0.4) is 0 Å². The molecule has 1 aromatic rings. The van der Waals surface area contributed by atoms with Gasteiger partial charge >= 0.3 is 12.1 Å². The summed E-state index contributed by atoms with van der Waals surface area (Å²) in [6.07, 6.45) is 1.33. The van der Waals surface area contributed by atoms with Crippen LogP contribution in [0, 0.1) is 0 Å². The van der Waals surface area contributed by atoms with E-state index < -0.39 is 12.1 Å². The number of methoxy groups -OCH3 is 1. The van der Waals surface area contributed by atoms with Crippen molar-refractivity contribution in [1.29, 1.82) is 0 Å². The number of hydrogen-bond acceptors (Lipinski definition) is 4. The van der Waals surface area contributed by atoms with Crippen molar-refractivity contribution in [2.75, 3.05) is 13.7 Å². The highest BCUT2D eigenvalue weighted by atomic mass is 16.6. The minimum Gasteiger partial charge on any atom is -0.464 e. The average molecular weight is 224 g/mol. The number of carbonyl (C=O) groups excluding carboxylic acids is 2. The highest BCUT2D eigenvalue weighted by Gasteiger charge is 2.26. The molecule has 1 unspecified atom stereocenters.